The minimum atomic E-state index is -0.0463. The number of hydrogen-bond acceptors (Lipinski definition) is 2. The summed E-state index contributed by atoms with van der Waals surface area (Å²) < 4.78 is 6.10. The highest BCUT2D eigenvalue weighted by Crippen LogP contribution is 2.76. The largest absolute Gasteiger partial charge is 0.366 e. The van der Waals surface area contributed by atoms with Crippen LogP contribution in [0.3, 0.4) is 0 Å². The van der Waals surface area contributed by atoms with Gasteiger partial charge in [-0.1, -0.05) is 24.3 Å². The molecule has 2 nitrogen and oxygen atoms in total. The summed E-state index contributed by atoms with van der Waals surface area (Å²) in [5.74, 6) is 1.29. The third-order valence-electron chi connectivity index (χ3n) is 4.73. The highest BCUT2D eigenvalue weighted by atomic mass is 16.5. The summed E-state index contributed by atoms with van der Waals surface area (Å²) in [6, 6.07) is 8.44. The quantitative estimate of drug-likeness (QED) is 0.717. The first-order valence-corrected chi connectivity index (χ1v) is 5.91. The summed E-state index contributed by atoms with van der Waals surface area (Å²) in [5, 5.41) is 0. The Kier molecular flexibility index (Phi) is 1.34. The van der Waals surface area contributed by atoms with Crippen LogP contribution in [-0.2, 0) is 9.53 Å². The fraction of sp³-hybridized carbons (Fsp3) is 0.500. The first kappa shape index (κ1) is 8.94. The van der Waals surface area contributed by atoms with Gasteiger partial charge in [0, 0.05) is 11.8 Å². The highest BCUT2D eigenvalue weighted by Gasteiger charge is 2.77. The molecule has 4 bridgehead atoms. The van der Waals surface area contributed by atoms with Crippen molar-refractivity contribution in [3.8, 4) is 0 Å². The third kappa shape index (κ3) is 0.756. The lowest BCUT2D eigenvalue weighted by molar-refractivity contribution is -0.125. The molecule has 1 saturated carbocycles. The highest BCUT2D eigenvalue weighted by molar-refractivity contribution is 5.82. The van der Waals surface area contributed by atoms with Crippen LogP contribution >= 0.6 is 0 Å². The number of hydrogen-bond donors (Lipinski definition) is 0. The Balaban J connectivity index is 1.94. The molecule has 2 aliphatic carbocycles. The zero-order chi connectivity index (χ0) is 11.1. The van der Waals surface area contributed by atoms with Gasteiger partial charge in [0.15, 0.2) is 0 Å². The molecule has 2 aliphatic heterocycles. The minimum absolute atomic E-state index is 0.0219. The molecule has 5 rings (SSSR count). The second-order valence-corrected chi connectivity index (χ2v) is 5.49. The molecule has 1 aromatic carbocycles. The molecule has 1 unspecified atom stereocenters. The van der Waals surface area contributed by atoms with Crippen molar-refractivity contribution in [3.05, 3.63) is 35.4 Å². The van der Waals surface area contributed by atoms with E-state index in [0.717, 1.165) is 0 Å². The Labute approximate surface area is 94.6 Å². The summed E-state index contributed by atoms with van der Waals surface area (Å²) >= 11 is 0. The van der Waals surface area contributed by atoms with E-state index in [9.17, 15) is 4.79 Å². The SMILES string of the molecule is CC(=O)C1[C@@H]2O[C@]3(C)[C@H]1[C@@H]3c1ccccc12. The van der Waals surface area contributed by atoms with Gasteiger partial charge in [0.05, 0.1) is 17.6 Å². The monoisotopic (exact) mass is 214 g/mol. The van der Waals surface area contributed by atoms with Crippen LogP contribution in [-0.4, -0.2) is 11.4 Å². The average molecular weight is 214 g/mol. The van der Waals surface area contributed by atoms with Crippen LogP contribution in [0.1, 0.15) is 37.0 Å². The summed E-state index contributed by atoms with van der Waals surface area (Å²) in [6.45, 7) is 3.87. The summed E-state index contributed by atoms with van der Waals surface area (Å²) in [4.78, 5) is 11.7. The van der Waals surface area contributed by atoms with Crippen LogP contribution in [0.4, 0.5) is 0 Å². The molecule has 0 spiro atoms. The standard InChI is InChI=1S/C14H14O2/c1-7(15)10-12-11-8-5-3-4-6-9(8)13(10)16-14(11,12)2/h3-6,10-13H,1-2H3/t10?,11-,12+,13+,14-/m0/s1. The molecule has 82 valence electrons. The van der Waals surface area contributed by atoms with Crippen LogP contribution in [0.5, 0.6) is 0 Å². The van der Waals surface area contributed by atoms with Crippen LogP contribution in [0.15, 0.2) is 24.3 Å². The molecule has 0 radical (unpaired) electrons. The van der Waals surface area contributed by atoms with Gasteiger partial charge in [-0.3, -0.25) is 4.79 Å². The van der Waals surface area contributed by atoms with Gasteiger partial charge in [-0.25, -0.2) is 0 Å². The lowest BCUT2D eigenvalue weighted by Gasteiger charge is -2.32. The van der Waals surface area contributed by atoms with E-state index in [-0.39, 0.29) is 23.4 Å². The average Bonchev–Trinajstić information content (AvgIpc) is 2.76. The van der Waals surface area contributed by atoms with Gasteiger partial charge in [0.1, 0.15) is 5.78 Å². The van der Waals surface area contributed by atoms with E-state index >= 15 is 0 Å². The van der Waals surface area contributed by atoms with E-state index in [0.29, 0.717) is 11.8 Å². The van der Waals surface area contributed by atoms with Crippen molar-refractivity contribution in [1.82, 2.24) is 0 Å². The summed E-state index contributed by atoms with van der Waals surface area (Å²) in [7, 11) is 0. The van der Waals surface area contributed by atoms with Crippen molar-refractivity contribution < 1.29 is 9.53 Å². The Bertz CT molecular complexity index is 507. The molecule has 2 heterocycles. The van der Waals surface area contributed by atoms with Gasteiger partial charge < -0.3 is 4.74 Å². The molecular weight excluding hydrogens is 200 g/mol. The molecule has 4 aliphatic rings. The van der Waals surface area contributed by atoms with Crippen molar-refractivity contribution in [3.63, 3.8) is 0 Å². The van der Waals surface area contributed by atoms with Crippen LogP contribution in [0.2, 0.25) is 0 Å². The number of carbonyl (C=O) groups excluding carboxylic acids is 1. The van der Waals surface area contributed by atoms with Gasteiger partial charge >= 0.3 is 0 Å². The van der Waals surface area contributed by atoms with E-state index in [4.69, 9.17) is 4.74 Å². The van der Waals surface area contributed by atoms with Gasteiger partial charge in [0.2, 0.25) is 0 Å². The van der Waals surface area contributed by atoms with Crippen LogP contribution in [0.25, 0.3) is 0 Å². The molecule has 1 aromatic rings. The smallest absolute Gasteiger partial charge is 0.136 e. The molecule has 2 heteroatoms. The number of Topliss-reactive ketones (excluding diaryl/α,β-unsaturated/α-hetero) is 1. The van der Waals surface area contributed by atoms with Crippen molar-refractivity contribution >= 4 is 5.78 Å². The van der Waals surface area contributed by atoms with Crippen LogP contribution < -0.4 is 0 Å². The fourth-order valence-corrected chi connectivity index (χ4v) is 4.05. The minimum Gasteiger partial charge on any atom is -0.366 e. The zero-order valence-corrected chi connectivity index (χ0v) is 9.44. The van der Waals surface area contributed by atoms with E-state index in [1.165, 1.54) is 11.1 Å². The normalized spacial score (nSPS) is 46.4. The van der Waals surface area contributed by atoms with E-state index in [2.05, 4.69) is 25.1 Å². The second kappa shape index (κ2) is 2.40. The first-order valence-electron chi connectivity index (χ1n) is 5.91. The second-order valence-electron chi connectivity index (χ2n) is 5.49. The van der Waals surface area contributed by atoms with Crippen molar-refractivity contribution in [2.45, 2.75) is 31.5 Å². The maximum Gasteiger partial charge on any atom is 0.136 e. The van der Waals surface area contributed by atoms with Crippen molar-refractivity contribution in [2.24, 2.45) is 11.8 Å². The van der Waals surface area contributed by atoms with Crippen molar-refractivity contribution in [2.75, 3.05) is 0 Å². The molecule has 1 saturated heterocycles. The molecular formula is C14H14O2. The lowest BCUT2D eigenvalue weighted by Crippen LogP contribution is -2.27. The Morgan fingerprint density at radius 2 is 2.00 bits per heavy atom. The molecule has 0 amide bonds. The van der Waals surface area contributed by atoms with Gasteiger partial charge in [-0.2, -0.15) is 0 Å². The number of rotatable bonds is 1. The molecule has 0 aromatic heterocycles. The summed E-state index contributed by atoms with van der Waals surface area (Å²) in [5.41, 5.74) is 2.62. The number of carbonyl (C=O) groups is 1. The maximum atomic E-state index is 11.7. The third-order valence-corrected chi connectivity index (χ3v) is 4.73. The molecule has 0 N–H and O–H groups in total. The Morgan fingerprint density at radius 3 is 2.69 bits per heavy atom. The number of ketones is 1. The van der Waals surface area contributed by atoms with Gasteiger partial charge in [0.25, 0.3) is 0 Å². The van der Waals surface area contributed by atoms with E-state index in [1.807, 2.05) is 6.07 Å². The maximum absolute atomic E-state index is 11.7. The van der Waals surface area contributed by atoms with E-state index < -0.39 is 0 Å². The molecule has 16 heavy (non-hydrogen) atoms. The predicted octanol–water partition coefficient (Wildman–Crippen LogP) is 2.45. The van der Waals surface area contributed by atoms with Crippen molar-refractivity contribution in [1.29, 1.82) is 0 Å². The predicted molar refractivity (Wildman–Crippen MR) is 59.1 cm³/mol. The number of ether oxygens (including phenoxy) is 1. The van der Waals surface area contributed by atoms with Gasteiger partial charge in [-0.05, 0) is 25.0 Å². The fourth-order valence-electron chi connectivity index (χ4n) is 4.05. The van der Waals surface area contributed by atoms with Crippen LogP contribution in [0, 0.1) is 11.8 Å². The van der Waals surface area contributed by atoms with Gasteiger partial charge in [-0.15, -0.1) is 0 Å². The topological polar surface area (TPSA) is 26.3 Å². The molecule has 5 atom stereocenters. The lowest BCUT2D eigenvalue weighted by atomic mass is 9.80. The number of benzene rings is 1. The Morgan fingerprint density at radius 1 is 1.31 bits per heavy atom. The zero-order valence-electron chi connectivity index (χ0n) is 9.44. The Hall–Kier alpha value is -1.15. The first-order chi connectivity index (χ1) is 7.64. The molecule has 2 fully saturated rings. The summed E-state index contributed by atoms with van der Waals surface area (Å²) in [6.07, 6.45) is 0.0219. The van der Waals surface area contributed by atoms with E-state index in [1.54, 1.807) is 6.92 Å².